The molecule has 174 valence electrons. The molecule has 2 aromatic carbocycles. The normalized spacial score (nSPS) is 15.4. The maximum absolute atomic E-state index is 12.9. The molecule has 0 aliphatic carbocycles. The van der Waals surface area contributed by atoms with E-state index in [1.807, 2.05) is 67.1 Å². The van der Waals surface area contributed by atoms with Gasteiger partial charge in [0.2, 0.25) is 5.91 Å². The van der Waals surface area contributed by atoms with Gasteiger partial charge in [-0.25, -0.2) is 4.68 Å². The van der Waals surface area contributed by atoms with Crippen LogP contribution in [0.5, 0.6) is 0 Å². The lowest BCUT2D eigenvalue weighted by atomic mass is 9.95. The number of aromatic nitrogens is 4. The van der Waals surface area contributed by atoms with Crippen LogP contribution in [0.15, 0.2) is 60.7 Å². The van der Waals surface area contributed by atoms with Gasteiger partial charge in [0.05, 0.1) is 28.5 Å². The van der Waals surface area contributed by atoms with Gasteiger partial charge in [0.1, 0.15) is 5.52 Å². The fourth-order valence-electron chi connectivity index (χ4n) is 4.86. The molecular weight excluding hydrogens is 424 g/mol. The summed E-state index contributed by atoms with van der Waals surface area (Å²) in [7, 11) is 0. The number of hydrogen-bond donors (Lipinski definition) is 1. The summed E-state index contributed by atoms with van der Waals surface area (Å²) in [6.45, 7) is 7.59. The minimum absolute atomic E-state index is 0.0000714. The van der Waals surface area contributed by atoms with Crippen LogP contribution in [0.4, 0.5) is 5.82 Å². The van der Waals surface area contributed by atoms with Crippen LogP contribution in [0, 0.1) is 19.8 Å². The minimum Gasteiger partial charge on any atom is -0.353 e. The van der Waals surface area contributed by atoms with Gasteiger partial charge in [-0.05, 0) is 51.3 Å². The van der Waals surface area contributed by atoms with Crippen molar-refractivity contribution in [3.8, 4) is 5.69 Å². The maximum Gasteiger partial charge on any atom is 0.223 e. The molecule has 2 aromatic heterocycles. The standard InChI is InChI=1S/C27H30N6O/c1-18(21-10-6-4-7-11-21)28-27(34)22-14-16-32(17-15-22)26-25-24(19(2)29-30-26)20(3)33(31-25)23-12-8-5-9-13-23/h4-13,18,22H,14-17H2,1-3H3,(H,28,34)/t18-/m0/s1. The van der Waals surface area contributed by atoms with Crippen LogP contribution in [-0.4, -0.2) is 39.0 Å². The molecule has 1 atom stereocenters. The first kappa shape index (κ1) is 22.1. The number of hydrogen-bond acceptors (Lipinski definition) is 5. The molecule has 0 bridgehead atoms. The highest BCUT2D eigenvalue weighted by Gasteiger charge is 2.29. The van der Waals surface area contributed by atoms with E-state index < -0.39 is 0 Å². The van der Waals surface area contributed by atoms with E-state index in [1.54, 1.807) is 0 Å². The molecule has 1 saturated heterocycles. The van der Waals surface area contributed by atoms with E-state index in [4.69, 9.17) is 5.10 Å². The number of nitrogens with one attached hydrogen (secondary N) is 1. The molecule has 1 amide bonds. The molecule has 5 rings (SSSR count). The number of nitrogens with zero attached hydrogens (tertiary/aromatic N) is 5. The molecule has 0 radical (unpaired) electrons. The summed E-state index contributed by atoms with van der Waals surface area (Å²) in [5.74, 6) is 0.926. The van der Waals surface area contributed by atoms with E-state index in [2.05, 4.69) is 39.5 Å². The largest absolute Gasteiger partial charge is 0.353 e. The van der Waals surface area contributed by atoms with E-state index in [-0.39, 0.29) is 17.9 Å². The second-order valence-electron chi connectivity index (χ2n) is 9.07. The van der Waals surface area contributed by atoms with E-state index in [9.17, 15) is 4.79 Å². The molecule has 1 fully saturated rings. The van der Waals surface area contributed by atoms with Crippen molar-refractivity contribution in [1.82, 2.24) is 25.3 Å². The molecule has 1 aliphatic heterocycles. The number of carbonyl (C=O) groups excluding carboxylic acids is 1. The fraction of sp³-hybridized carbons (Fsp3) is 0.333. The second-order valence-corrected chi connectivity index (χ2v) is 9.07. The Kier molecular flexibility index (Phi) is 6.01. The van der Waals surface area contributed by atoms with E-state index in [0.29, 0.717) is 0 Å². The molecule has 3 heterocycles. The quantitative estimate of drug-likeness (QED) is 0.480. The van der Waals surface area contributed by atoms with Gasteiger partial charge in [0, 0.05) is 19.0 Å². The molecule has 7 nitrogen and oxygen atoms in total. The molecule has 0 spiro atoms. The van der Waals surface area contributed by atoms with Gasteiger partial charge >= 0.3 is 0 Å². The van der Waals surface area contributed by atoms with Gasteiger partial charge in [0.15, 0.2) is 5.82 Å². The summed E-state index contributed by atoms with van der Waals surface area (Å²) < 4.78 is 1.97. The zero-order valence-electron chi connectivity index (χ0n) is 19.9. The molecule has 34 heavy (non-hydrogen) atoms. The number of fused-ring (bicyclic) bond motifs is 1. The molecule has 0 saturated carbocycles. The van der Waals surface area contributed by atoms with Crippen LogP contribution in [-0.2, 0) is 4.79 Å². The number of anilines is 1. The fourth-order valence-corrected chi connectivity index (χ4v) is 4.86. The summed E-state index contributed by atoms with van der Waals surface area (Å²) in [6, 6.07) is 20.2. The average Bonchev–Trinajstić information content (AvgIpc) is 3.23. The number of carbonyl (C=O) groups is 1. The van der Waals surface area contributed by atoms with Crippen LogP contribution < -0.4 is 10.2 Å². The number of piperidine rings is 1. The van der Waals surface area contributed by atoms with Crippen molar-refractivity contribution in [1.29, 1.82) is 0 Å². The van der Waals surface area contributed by atoms with Gasteiger partial charge in [-0.1, -0.05) is 48.5 Å². The minimum atomic E-state index is -0.000698. The number of rotatable bonds is 5. The summed E-state index contributed by atoms with van der Waals surface area (Å²) >= 11 is 0. The van der Waals surface area contributed by atoms with Gasteiger partial charge in [0.25, 0.3) is 0 Å². The number of para-hydroxylation sites is 1. The monoisotopic (exact) mass is 454 g/mol. The number of benzene rings is 2. The third-order valence-corrected chi connectivity index (χ3v) is 6.81. The molecular formula is C27H30N6O. The molecule has 1 N–H and O–H groups in total. The first-order chi connectivity index (χ1) is 16.5. The second kappa shape index (κ2) is 9.25. The molecule has 4 aromatic rings. The van der Waals surface area contributed by atoms with Crippen molar-refractivity contribution in [2.75, 3.05) is 18.0 Å². The van der Waals surface area contributed by atoms with Crippen molar-refractivity contribution in [2.45, 2.75) is 39.7 Å². The van der Waals surface area contributed by atoms with Gasteiger partial charge in [-0.3, -0.25) is 4.79 Å². The third-order valence-electron chi connectivity index (χ3n) is 6.81. The Morgan fingerprint density at radius 3 is 2.29 bits per heavy atom. The summed E-state index contributed by atoms with van der Waals surface area (Å²) in [5.41, 5.74) is 4.94. The van der Waals surface area contributed by atoms with Crippen LogP contribution in [0.3, 0.4) is 0 Å². The Morgan fingerprint density at radius 1 is 0.971 bits per heavy atom. The number of amides is 1. The Bertz CT molecular complexity index is 1290. The topological polar surface area (TPSA) is 75.9 Å². The van der Waals surface area contributed by atoms with Crippen molar-refractivity contribution < 1.29 is 4.79 Å². The summed E-state index contributed by atoms with van der Waals surface area (Å²) in [4.78, 5) is 15.1. The van der Waals surface area contributed by atoms with Gasteiger partial charge < -0.3 is 10.2 Å². The van der Waals surface area contributed by atoms with E-state index in [0.717, 1.165) is 65.3 Å². The van der Waals surface area contributed by atoms with Crippen LogP contribution in [0.2, 0.25) is 0 Å². The summed E-state index contributed by atoms with van der Waals surface area (Å²) in [6.07, 6.45) is 1.56. The smallest absolute Gasteiger partial charge is 0.223 e. The Hall–Kier alpha value is -3.74. The summed E-state index contributed by atoms with van der Waals surface area (Å²) in [5, 5.41) is 18.2. The van der Waals surface area contributed by atoms with E-state index in [1.165, 1.54) is 0 Å². The lowest BCUT2D eigenvalue weighted by Crippen LogP contribution is -2.41. The Morgan fingerprint density at radius 2 is 1.62 bits per heavy atom. The first-order valence-corrected chi connectivity index (χ1v) is 11.9. The highest BCUT2D eigenvalue weighted by atomic mass is 16.1. The van der Waals surface area contributed by atoms with Crippen molar-refractivity contribution >= 4 is 22.6 Å². The van der Waals surface area contributed by atoms with Crippen LogP contribution >= 0.6 is 0 Å². The van der Waals surface area contributed by atoms with Crippen LogP contribution in [0.25, 0.3) is 16.6 Å². The zero-order valence-corrected chi connectivity index (χ0v) is 19.9. The Labute approximate surface area is 199 Å². The van der Waals surface area contributed by atoms with Gasteiger partial charge in [-0.15, -0.1) is 5.10 Å². The maximum atomic E-state index is 12.9. The molecule has 0 unspecified atom stereocenters. The highest BCUT2D eigenvalue weighted by Crippen LogP contribution is 2.31. The first-order valence-electron chi connectivity index (χ1n) is 11.9. The predicted octanol–water partition coefficient (Wildman–Crippen LogP) is 4.53. The number of aryl methyl sites for hydroxylation is 2. The predicted molar refractivity (Wildman–Crippen MR) is 134 cm³/mol. The zero-order chi connectivity index (χ0) is 23.7. The van der Waals surface area contributed by atoms with Crippen LogP contribution in [0.1, 0.15) is 42.8 Å². The third kappa shape index (κ3) is 4.14. The van der Waals surface area contributed by atoms with Crippen molar-refractivity contribution in [2.24, 2.45) is 5.92 Å². The Balaban J connectivity index is 1.33. The van der Waals surface area contributed by atoms with Crippen molar-refractivity contribution in [3.63, 3.8) is 0 Å². The molecule has 7 heteroatoms. The highest BCUT2D eigenvalue weighted by molar-refractivity contribution is 5.92. The molecule has 1 aliphatic rings. The average molecular weight is 455 g/mol. The SMILES string of the molecule is Cc1nnc(N2CCC(C(=O)N[C@@H](C)c3ccccc3)CC2)c2nn(-c3ccccc3)c(C)c12. The van der Waals surface area contributed by atoms with Crippen molar-refractivity contribution in [3.05, 3.63) is 77.6 Å². The van der Waals surface area contributed by atoms with Gasteiger partial charge in [-0.2, -0.15) is 10.2 Å². The van der Waals surface area contributed by atoms with E-state index >= 15 is 0 Å². The lowest BCUT2D eigenvalue weighted by Gasteiger charge is -2.32. The lowest BCUT2D eigenvalue weighted by molar-refractivity contribution is -0.126.